The molecule has 50 valence electrons. The molecule has 1 amide bonds. The van der Waals surface area contributed by atoms with Gasteiger partial charge in [-0.3, -0.25) is 4.79 Å². The van der Waals surface area contributed by atoms with Gasteiger partial charge in [-0.25, -0.2) is 0 Å². The van der Waals surface area contributed by atoms with Crippen LogP contribution in [0.4, 0.5) is 0 Å². The summed E-state index contributed by atoms with van der Waals surface area (Å²) in [5, 5.41) is 2.82. The van der Waals surface area contributed by atoms with Crippen LogP contribution in [0.3, 0.4) is 0 Å². The molecule has 0 aliphatic rings. The summed E-state index contributed by atoms with van der Waals surface area (Å²) in [5.74, 6) is -0.487. The highest BCUT2D eigenvalue weighted by molar-refractivity contribution is 5.76. The molecule has 0 aliphatic carbocycles. The van der Waals surface area contributed by atoms with Gasteiger partial charge in [-0.05, 0) is 10.6 Å². The van der Waals surface area contributed by atoms with Gasteiger partial charge in [-0.2, -0.15) is 0 Å². The molecule has 0 bridgehead atoms. The van der Waals surface area contributed by atoms with Gasteiger partial charge in [0.1, 0.15) is 0 Å². The van der Waals surface area contributed by atoms with Crippen LogP contribution in [0.2, 0.25) is 0 Å². The summed E-state index contributed by atoms with van der Waals surface area (Å²) < 4.78 is 4.55. The maximum Gasteiger partial charge on any atom is 0.221 e. The molecular formula is C4H7N3O2. The highest BCUT2D eigenvalue weighted by Crippen LogP contribution is 1.84. The van der Waals surface area contributed by atoms with Crippen LogP contribution in [0.5, 0.6) is 0 Å². The van der Waals surface area contributed by atoms with E-state index in [-0.39, 0.29) is 6.42 Å². The molecule has 0 saturated heterocycles. The largest absolute Gasteiger partial charge is 0.384 e. The number of ether oxygens (including phenoxy) is 1. The molecule has 0 aliphatic heterocycles. The number of amides is 1. The van der Waals surface area contributed by atoms with E-state index < -0.39 is 5.91 Å². The zero-order valence-corrected chi connectivity index (χ0v) is 5.07. The summed E-state index contributed by atoms with van der Waals surface area (Å²) in [5.41, 5.74) is 7.73. The molecular weight excluding hydrogens is 122 g/mol. The van der Waals surface area contributed by atoms with Crippen molar-refractivity contribution in [2.24, 2.45) is 5.11 Å². The summed E-state index contributed by atoms with van der Waals surface area (Å²) >= 11 is 0. The molecule has 0 rings (SSSR count). The Hall–Kier alpha value is -1.06. The summed E-state index contributed by atoms with van der Waals surface area (Å²) in [6.45, 7) is 0.303. The molecule has 5 heteroatoms. The van der Waals surface area contributed by atoms with Crippen LogP contribution >= 0.6 is 0 Å². The topological polar surface area (TPSA) is 75.1 Å². The van der Waals surface area contributed by atoms with E-state index in [0.29, 0.717) is 6.61 Å². The van der Waals surface area contributed by atoms with Crippen LogP contribution in [0.25, 0.3) is 10.4 Å². The van der Waals surface area contributed by atoms with Crippen LogP contribution < -0.4 is 0 Å². The molecule has 0 spiro atoms. The van der Waals surface area contributed by atoms with Gasteiger partial charge in [0.15, 0.2) is 0 Å². The lowest BCUT2D eigenvalue weighted by Gasteiger charge is -1.89. The zero-order chi connectivity index (χ0) is 7.11. The molecule has 0 radical (unpaired) electrons. The van der Waals surface area contributed by atoms with Crippen molar-refractivity contribution in [2.45, 2.75) is 6.42 Å². The Morgan fingerprint density at radius 1 is 1.89 bits per heavy atom. The second-order valence-corrected chi connectivity index (χ2v) is 1.33. The monoisotopic (exact) mass is 129 g/mol. The SMILES string of the molecule is COCCC(=O)N=[N+]=[N-]. The molecule has 0 heterocycles. The first-order chi connectivity index (χ1) is 4.31. The second kappa shape index (κ2) is 5.08. The summed E-state index contributed by atoms with van der Waals surface area (Å²) in [6.07, 6.45) is 0.153. The van der Waals surface area contributed by atoms with Gasteiger partial charge in [0.25, 0.3) is 0 Å². The maximum absolute atomic E-state index is 10.3. The van der Waals surface area contributed by atoms with E-state index in [0.717, 1.165) is 0 Å². The quantitative estimate of drug-likeness (QED) is 0.322. The van der Waals surface area contributed by atoms with Crippen molar-refractivity contribution in [2.75, 3.05) is 13.7 Å². The number of rotatable bonds is 3. The molecule has 9 heavy (non-hydrogen) atoms. The van der Waals surface area contributed by atoms with Gasteiger partial charge < -0.3 is 4.74 Å². The van der Waals surface area contributed by atoms with E-state index in [9.17, 15) is 4.79 Å². The molecule has 0 saturated carbocycles. The number of nitrogens with zero attached hydrogens (tertiary/aromatic N) is 3. The highest BCUT2D eigenvalue weighted by atomic mass is 16.5. The number of hydrogen-bond acceptors (Lipinski definition) is 2. The van der Waals surface area contributed by atoms with Gasteiger partial charge in [0, 0.05) is 18.4 Å². The maximum atomic E-state index is 10.3. The van der Waals surface area contributed by atoms with E-state index in [1.165, 1.54) is 7.11 Å². The highest BCUT2D eigenvalue weighted by Gasteiger charge is 1.93. The molecule has 0 aromatic heterocycles. The second-order valence-electron chi connectivity index (χ2n) is 1.33. The van der Waals surface area contributed by atoms with Crippen molar-refractivity contribution in [3.8, 4) is 0 Å². The molecule has 0 N–H and O–H groups in total. The predicted octanol–water partition coefficient (Wildman–Crippen LogP) is 0.860. The molecule has 5 nitrogen and oxygen atoms in total. The standard InChI is InChI=1S/C4H7N3O2/c1-9-3-2-4(8)6-7-5/h2-3H2,1H3. The van der Waals surface area contributed by atoms with Crippen LogP contribution in [0, 0.1) is 0 Å². The Kier molecular flexibility index (Phi) is 4.49. The minimum atomic E-state index is -0.487. The first kappa shape index (κ1) is 7.94. The molecule has 0 unspecified atom stereocenters. The van der Waals surface area contributed by atoms with Crippen LogP contribution in [-0.4, -0.2) is 19.6 Å². The summed E-state index contributed by atoms with van der Waals surface area (Å²) in [6, 6.07) is 0. The zero-order valence-electron chi connectivity index (χ0n) is 5.07. The third-order valence-corrected chi connectivity index (χ3v) is 0.676. The van der Waals surface area contributed by atoms with E-state index in [1.807, 2.05) is 0 Å². The average Bonchev–Trinajstić information content (AvgIpc) is 1.85. The summed E-state index contributed by atoms with van der Waals surface area (Å²) in [7, 11) is 1.48. The van der Waals surface area contributed by atoms with Crippen molar-refractivity contribution in [1.82, 2.24) is 0 Å². The molecule has 0 atom stereocenters. The van der Waals surface area contributed by atoms with Gasteiger partial charge in [0.2, 0.25) is 5.91 Å². The van der Waals surface area contributed by atoms with Crippen LogP contribution in [0.1, 0.15) is 6.42 Å². The van der Waals surface area contributed by atoms with Gasteiger partial charge in [0.05, 0.1) is 6.61 Å². The van der Waals surface area contributed by atoms with Crippen molar-refractivity contribution in [3.63, 3.8) is 0 Å². The third kappa shape index (κ3) is 4.80. The first-order valence-corrected chi connectivity index (χ1v) is 2.38. The van der Waals surface area contributed by atoms with E-state index in [2.05, 4.69) is 14.8 Å². The van der Waals surface area contributed by atoms with Crippen molar-refractivity contribution < 1.29 is 9.53 Å². The molecule has 0 aromatic carbocycles. The minimum Gasteiger partial charge on any atom is -0.384 e. The number of carbonyl (C=O) groups excluding carboxylic acids is 1. The lowest BCUT2D eigenvalue weighted by molar-refractivity contribution is -0.118. The number of hydrogen-bond donors (Lipinski definition) is 0. The van der Waals surface area contributed by atoms with Crippen LogP contribution in [-0.2, 0) is 9.53 Å². The summed E-state index contributed by atoms with van der Waals surface area (Å²) in [4.78, 5) is 12.6. The van der Waals surface area contributed by atoms with Gasteiger partial charge in [-0.1, -0.05) is 0 Å². The predicted molar refractivity (Wildman–Crippen MR) is 30.6 cm³/mol. The smallest absolute Gasteiger partial charge is 0.221 e. The Labute approximate surface area is 52.2 Å². The molecule has 0 aromatic rings. The number of methoxy groups -OCH3 is 1. The fraction of sp³-hybridized carbons (Fsp3) is 0.750. The van der Waals surface area contributed by atoms with Gasteiger partial charge in [-0.15, -0.1) is 0 Å². The van der Waals surface area contributed by atoms with E-state index in [1.54, 1.807) is 0 Å². The van der Waals surface area contributed by atoms with Crippen molar-refractivity contribution in [1.29, 1.82) is 0 Å². The lowest BCUT2D eigenvalue weighted by Crippen LogP contribution is -1.97. The van der Waals surface area contributed by atoms with Crippen molar-refractivity contribution in [3.05, 3.63) is 10.4 Å². The Morgan fingerprint density at radius 3 is 3.00 bits per heavy atom. The Morgan fingerprint density at radius 2 is 2.56 bits per heavy atom. The molecule has 0 fully saturated rings. The van der Waals surface area contributed by atoms with Gasteiger partial charge >= 0.3 is 0 Å². The lowest BCUT2D eigenvalue weighted by atomic mass is 10.4. The Bertz CT molecular complexity index is 139. The van der Waals surface area contributed by atoms with E-state index in [4.69, 9.17) is 5.53 Å². The third-order valence-electron chi connectivity index (χ3n) is 0.676. The fourth-order valence-electron chi connectivity index (χ4n) is 0.289. The fourth-order valence-corrected chi connectivity index (χ4v) is 0.289. The minimum absolute atomic E-state index is 0.153. The first-order valence-electron chi connectivity index (χ1n) is 2.38. The number of carbonyl (C=O) groups is 1. The number of azide groups is 1. The Balaban J connectivity index is 3.39. The normalized spacial score (nSPS) is 8.11. The van der Waals surface area contributed by atoms with E-state index >= 15 is 0 Å². The average molecular weight is 129 g/mol. The van der Waals surface area contributed by atoms with Crippen molar-refractivity contribution >= 4 is 5.91 Å². The van der Waals surface area contributed by atoms with Crippen LogP contribution in [0.15, 0.2) is 5.11 Å².